The molecule has 5 heteroatoms. The van der Waals surface area contributed by atoms with E-state index in [0.717, 1.165) is 36.1 Å². The van der Waals surface area contributed by atoms with Gasteiger partial charge in [-0.15, -0.1) is 0 Å². The van der Waals surface area contributed by atoms with Gasteiger partial charge in [-0.2, -0.15) is 0 Å². The van der Waals surface area contributed by atoms with E-state index in [1.54, 1.807) is 0 Å². The zero-order valence-corrected chi connectivity index (χ0v) is 16.7. The van der Waals surface area contributed by atoms with Crippen molar-refractivity contribution in [3.8, 4) is 5.75 Å². The molecule has 28 heavy (non-hydrogen) atoms. The van der Waals surface area contributed by atoms with Crippen molar-refractivity contribution in [2.24, 2.45) is 5.73 Å². The smallest absolute Gasteiger partial charge is 0.249 e. The second-order valence-corrected chi connectivity index (χ2v) is 7.59. The number of carbonyl (C=O) groups excluding carboxylic acids is 1. The van der Waals surface area contributed by atoms with Crippen molar-refractivity contribution in [3.05, 3.63) is 65.2 Å². The Kier molecular flexibility index (Phi) is 7.06. The number of aryl methyl sites for hydroxylation is 1. The molecule has 0 saturated carbocycles. The van der Waals surface area contributed by atoms with Crippen LogP contribution in [0.4, 0.5) is 0 Å². The van der Waals surface area contributed by atoms with Gasteiger partial charge in [0.15, 0.2) is 0 Å². The molecule has 3 N–H and O–H groups in total. The van der Waals surface area contributed by atoms with Crippen molar-refractivity contribution in [1.29, 1.82) is 0 Å². The molecule has 1 fully saturated rings. The van der Waals surface area contributed by atoms with Crippen LogP contribution in [0.25, 0.3) is 0 Å². The van der Waals surface area contributed by atoms with Crippen LogP contribution in [0.2, 0.25) is 0 Å². The summed E-state index contributed by atoms with van der Waals surface area (Å²) < 4.78 is 11.5. The number of rotatable bonds is 8. The number of nitrogens with two attached hydrogens (primary N) is 1. The number of hydrogen-bond acceptors (Lipinski definition) is 4. The summed E-state index contributed by atoms with van der Waals surface area (Å²) in [5.74, 6) is 0.801. The molecule has 1 aliphatic heterocycles. The quantitative estimate of drug-likeness (QED) is 0.736. The van der Waals surface area contributed by atoms with Gasteiger partial charge in [-0.3, -0.25) is 4.79 Å². The van der Waals surface area contributed by atoms with E-state index in [4.69, 9.17) is 15.2 Å². The Hall–Kier alpha value is -2.37. The molecule has 0 spiro atoms. The third-order valence-electron chi connectivity index (χ3n) is 5.04. The Morgan fingerprint density at radius 3 is 2.46 bits per heavy atom. The first-order valence-corrected chi connectivity index (χ1v) is 9.96. The third-order valence-corrected chi connectivity index (χ3v) is 5.04. The molecule has 1 amide bonds. The first kappa shape index (κ1) is 20.4. The highest BCUT2D eigenvalue weighted by Crippen LogP contribution is 2.19. The maximum atomic E-state index is 12.3. The van der Waals surface area contributed by atoms with E-state index in [2.05, 4.69) is 36.5 Å². The molecule has 150 valence electrons. The van der Waals surface area contributed by atoms with Gasteiger partial charge in [-0.1, -0.05) is 42.0 Å². The lowest BCUT2D eigenvalue weighted by atomic mass is 10.1. The molecule has 2 aromatic carbocycles. The molecule has 0 bridgehead atoms. The highest BCUT2D eigenvalue weighted by molar-refractivity contribution is 5.81. The van der Waals surface area contributed by atoms with Crippen molar-refractivity contribution in [1.82, 2.24) is 5.32 Å². The maximum absolute atomic E-state index is 12.3. The Labute approximate surface area is 167 Å². The number of nitrogens with one attached hydrogen (secondary N) is 1. The molecule has 0 aliphatic carbocycles. The topological polar surface area (TPSA) is 73.6 Å². The standard InChI is InChI=1S/C23H30N2O3/c1-16-3-5-19(6-4-16)15-27-20-9-7-18(8-10-20)13-17(2)25-23(26)22-12-11-21(14-24)28-22/h3-10,17,21-22H,11-15,24H2,1-2H3,(H,25,26)/t17?,21-,22+/m1/s1. The van der Waals surface area contributed by atoms with E-state index in [9.17, 15) is 4.79 Å². The van der Waals surface area contributed by atoms with Crippen LogP contribution in [0.3, 0.4) is 0 Å². The highest BCUT2D eigenvalue weighted by Gasteiger charge is 2.30. The minimum Gasteiger partial charge on any atom is -0.489 e. The van der Waals surface area contributed by atoms with E-state index in [-0.39, 0.29) is 24.2 Å². The van der Waals surface area contributed by atoms with Gasteiger partial charge in [0, 0.05) is 12.6 Å². The molecule has 1 heterocycles. The van der Waals surface area contributed by atoms with Crippen molar-refractivity contribution >= 4 is 5.91 Å². The minimum atomic E-state index is -0.367. The van der Waals surface area contributed by atoms with Crippen LogP contribution in [0.1, 0.15) is 36.5 Å². The molecule has 1 aliphatic rings. The van der Waals surface area contributed by atoms with E-state index < -0.39 is 0 Å². The van der Waals surface area contributed by atoms with Crippen molar-refractivity contribution in [3.63, 3.8) is 0 Å². The number of benzene rings is 2. The van der Waals surface area contributed by atoms with Crippen molar-refractivity contribution < 1.29 is 14.3 Å². The highest BCUT2D eigenvalue weighted by atomic mass is 16.5. The van der Waals surface area contributed by atoms with E-state index >= 15 is 0 Å². The largest absolute Gasteiger partial charge is 0.489 e. The zero-order chi connectivity index (χ0) is 19.9. The Bertz CT molecular complexity index is 758. The fraction of sp³-hybridized carbons (Fsp3) is 0.435. The lowest BCUT2D eigenvalue weighted by molar-refractivity contribution is -0.132. The summed E-state index contributed by atoms with van der Waals surface area (Å²) in [6.45, 7) is 5.11. The normalized spacial score (nSPS) is 20.0. The summed E-state index contributed by atoms with van der Waals surface area (Å²) in [7, 11) is 0. The molecular formula is C23H30N2O3. The second-order valence-electron chi connectivity index (χ2n) is 7.59. The molecule has 1 saturated heterocycles. The van der Waals surface area contributed by atoms with Crippen molar-refractivity contribution in [2.45, 2.75) is 58.0 Å². The van der Waals surface area contributed by atoms with Gasteiger partial charge in [0.2, 0.25) is 5.91 Å². The zero-order valence-electron chi connectivity index (χ0n) is 16.7. The van der Waals surface area contributed by atoms with Crippen molar-refractivity contribution in [2.75, 3.05) is 6.54 Å². The van der Waals surface area contributed by atoms with Gasteiger partial charge in [0.05, 0.1) is 6.10 Å². The molecule has 5 nitrogen and oxygen atoms in total. The van der Waals surface area contributed by atoms with Gasteiger partial charge in [0.25, 0.3) is 0 Å². The van der Waals surface area contributed by atoms with E-state index in [1.807, 2.05) is 31.2 Å². The van der Waals surface area contributed by atoms with Crippen LogP contribution in [-0.4, -0.2) is 30.7 Å². The molecule has 1 unspecified atom stereocenters. The summed E-state index contributed by atoms with van der Waals surface area (Å²) in [5.41, 5.74) is 9.15. The number of carbonyl (C=O) groups is 1. The van der Waals surface area contributed by atoms with Crippen LogP contribution >= 0.6 is 0 Å². The minimum absolute atomic E-state index is 0.0125. The molecule has 2 aromatic rings. The average molecular weight is 383 g/mol. The summed E-state index contributed by atoms with van der Waals surface area (Å²) in [4.78, 5) is 12.3. The van der Waals surface area contributed by atoms with Gasteiger partial charge < -0.3 is 20.5 Å². The van der Waals surface area contributed by atoms with Crippen LogP contribution in [-0.2, 0) is 22.6 Å². The van der Waals surface area contributed by atoms with Crippen LogP contribution < -0.4 is 15.8 Å². The molecule has 0 radical (unpaired) electrons. The number of amides is 1. The fourth-order valence-electron chi connectivity index (χ4n) is 3.39. The number of ether oxygens (including phenoxy) is 2. The summed E-state index contributed by atoms with van der Waals surface area (Å²) >= 11 is 0. The van der Waals surface area contributed by atoms with Gasteiger partial charge in [-0.25, -0.2) is 0 Å². The third kappa shape index (κ3) is 5.81. The molecule has 3 rings (SSSR count). The van der Waals surface area contributed by atoms with Gasteiger partial charge >= 0.3 is 0 Å². The number of hydrogen-bond donors (Lipinski definition) is 2. The monoisotopic (exact) mass is 382 g/mol. The predicted octanol–water partition coefficient (Wildman–Crippen LogP) is 3.13. The Morgan fingerprint density at radius 1 is 1.14 bits per heavy atom. The Morgan fingerprint density at radius 2 is 1.82 bits per heavy atom. The summed E-state index contributed by atoms with van der Waals surface area (Å²) in [5, 5.41) is 3.04. The Balaban J connectivity index is 1.44. The van der Waals surface area contributed by atoms with Gasteiger partial charge in [0.1, 0.15) is 18.5 Å². The second kappa shape index (κ2) is 9.71. The summed E-state index contributed by atoms with van der Waals surface area (Å²) in [6, 6.07) is 16.4. The maximum Gasteiger partial charge on any atom is 0.249 e. The van der Waals surface area contributed by atoms with Gasteiger partial charge in [-0.05, 0) is 56.4 Å². The first-order chi connectivity index (χ1) is 13.5. The van der Waals surface area contributed by atoms with Crippen LogP contribution in [0.5, 0.6) is 5.75 Å². The molecule has 3 atom stereocenters. The lowest BCUT2D eigenvalue weighted by Gasteiger charge is -2.18. The van der Waals surface area contributed by atoms with Crippen LogP contribution in [0, 0.1) is 6.92 Å². The van der Waals surface area contributed by atoms with E-state index in [1.165, 1.54) is 5.56 Å². The average Bonchev–Trinajstić information content (AvgIpc) is 3.18. The lowest BCUT2D eigenvalue weighted by Crippen LogP contribution is -2.41. The molecule has 0 aromatic heterocycles. The first-order valence-electron chi connectivity index (χ1n) is 9.96. The SMILES string of the molecule is Cc1ccc(COc2ccc(CC(C)NC(=O)[C@@H]3CC[C@H](CN)O3)cc2)cc1. The fourth-order valence-corrected chi connectivity index (χ4v) is 3.39. The predicted molar refractivity (Wildman–Crippen MR) is 110 cm³/mol. The van der Waals surface area contributed by atoms with E-state index in [0.29, 0.717) is 13.2 Å². The van der Waals surface area contributed by atoms with Crippen LogP contribution in [0.15, 0.2) is 48.5 Å². The summed E-state index contributed by atoms with van der Waals surface area (Å²) in [6.07, 6.45) is 2.00. The molecular weight excluding hydrogens is 352 g/mol.